The van der Waals surface area contributed by atoms with Crippen LogP contribution in [0.3, 0.4) is 0 Å². The average molecular weight is 438 g/mol. The topological polar surface area (TPSA) is 94.6 Å². The minimum absolute atomic E-state index is 0.0450. The molecule has 2 heterocycles. The molecule has 4 rings (SSSR count). The van der Waals surface area contributed by atoms with Crippen molar-refractivity contribution in [3.05, 3.63) is 64.9 Å². The van der Waals surface area contributed by atoms with E-state index in [0.717, 1.165) is 27.7 Å². The number of piperazine rings is 1. The maximum Gasteiger partial charge on any atom is 0.243 e. The van der Waals surface area contributed by atoms with Crippen LogP contribution in [0.15, 0.2) is 52.0 Å². The highest BCUT2D eigenvalue weighted by atomic mass is 32.2. The number of carbonyl (C=O) groups excluding carboxylic acids is 1. The third-order valence-corrected chi connectivity index (χ3v) is 7.74. The molecule has 0 atom stereocenters. The number of fused-ring (bicyclic) bond motifs is 1. The highest BCUT2D eigenvalue weighted by Crippen LogP contribution is 2.26. The number of sulfonamides is 1. The first-order valence-electron chi connectivity index (χ1n) is 10.0. The summed E-state index contributed by atoms with van der Waals surface area (Å²) >= 11 is 0. The third kappa shape index (κ3) is 4.07. The molecule has 1 amide bonds. The number of nitriles is 1. The number of hydrogen-bond acceptors (Lipinski definition) is 5. The zero-order valence-electron chi connectivity index (χ0n) is 17.5. The van der Waals surface area contributed by atoms with Gasteiger partial charge in [-0.1, -0.05) is 0 Å². The van der Waals surface area contributed by atoms with E-state index in [2.05, 4.69) is 0 Å². The molecule has 0 aliphatic carbocycles. The number of benzene rings is 2. The second-order valence-electron chi connectivity index (χ2n) is 7.79. The molecular weight excluding hydrogens is 414 g/mol. The van der Waals surface area contributed by atoms with Crippen molar-refractivity contribution < 1.29 is 17.6 Å². The van der Waals surface area contributed by atoms with E-state index in [4.69, 9.17) is 9.68 Å². The molecule has 8 heteroatoms. The molecule has 160 valence electrons. The van der Waals surface area contributed by atoms with Gasteiger partial charge in [0.1, 0.15) is 5.58 Å². The average Bonchev–Trinajstić information content (AvgIpc) is 3.15. The van der Waals surface area contributed by atoms with Crippen LogP contribution in [-0.4, -0.2) is 49.7 Å². The summed E-state index contributed by atoms with van der Waals surface area (Å²) < 4.78 is 32.7. The Kier molecular flexibility index (Phi) is 5.56. The Bertz CT molecular complexity index is 1280. The predicted molar refractivity (Wildman–Crippen MR) is 116 cm³/mol. The summed E-state index contributed by atoms with van der Waals surface area (Å²) in [5.41, 5.74) is 4.30. The second-order valence-corrected chi connectivity index (χ2v) is 9.73. The minimum atomic E-state index is -3.65. The van der Waals surface area contributed by atoms with E-state index in [1.54, 1.807) is 11.2 Å². The Balaban J connectivity index is 1.42. The fourth-order valence-electron chi connectivity index (χ4n) is 3.78. The van der Waals surface area contributed by atoms with E-state index in [0.29, 0.717) is 18.7 Å². The predicted octanol–water partition coefficient (Wildman–Crippen LogP) is 3.00. The minimum Gasteiger partial charge on any atom is -0.464 e. The van der Waals surface area contributed by atoms with E-state index in [1.165, 1.54) is 28.6 Å². The van der Waals surface area contributed by atoms with Crippen LogP contribution in [0, 0.1) is 25.2 Å². The summed E-state index contributed by atoms with van der Waals surface area (Å²) in [5, 5.41) is 9.83. The number of rotatable bonds is 4. The Labute approximate surface area is 181 Å². The number of carbonyl (C=O) groups is 1. The molecule has 0 unspecified atom stereocenters. The monoisotopic (exact) mass is 437 g/mol. The van der Waals surface area contributed by atoms with Crippen molar-refractivity contribution in [3.8, 4) is 6.07 Å². The maximum atomic E-state index is 12.9. The molecule has 0 bridgehead atoms. The zero-order valence-corrected chi connectivity index (χ0v) is 18.3. The Morgan fingerprint density at radius 3 is 2.35 bits per heavy atom. The molecule has 2 aromatic carbocycles. The van der Waals surface area contributed by atoms with E-state index < -0.39 is 10.0 Å². The van der Waals surface area contributed by atoms with Crippen molar-refractivity contribution in [2.45, 2.75) is 25.2 Å². The molecule has 0 radical (unpaired) electrons. The van der Waals surface area contributed by atoms with Gasteiger partial charge in [0.15, 0.2) is 0 Å². The lowest BCUT2D eigenvalue weighted by Crippen LogP contribution is -2.50. The first-order valence-corrected chi connectivity index (χ1v) is 11.5. The Morgan fingerprint density at radius 2 is 1.71 bits per heavy atom. The van der Waals surface area contributed by atoms with Crippen molar-refractivity contribution in [3.63, 3.8) is 0 Å². The highest BCUT2D eigenvalue weighted by molar-refractivity contribution is 7.89. The van der Waals surface area contributed by atoms with Crippen LogP contribution < -0.4 is 0 Å². The van der Waals surface area contributed by atoms with Gasteiger partial charge in [-0.3, -0.25) is 4.79 Å². The second kappa shape index (κ2) is 8.17. The van der Waals surface area contributed by atoms with Gasteiger partial charge in [-0.25, -0.2) is 8.42 Å². The van der Waals surface area contributed by atoms with Gasteiger partial charge in [0.05, 0.1) is 29.2 Å². The van der Waals surface area contributed by atoms with Gasteiger partial charge in [0.2, 0.25) is 15.9 Å². The number of furan rings is 1. The van der Waals surface area contributed by atoms with Crippen LogP contribution in [-0.2, 0) is 21.2 Å². The van der Waals surface area contributed by atoms with Crippen molar-refractivity contribution in [2.75, 3.05) is 26.2 Å². The van der Waals surface area contributed by atoms with Crippen molar-refractivity contribution in [2.24, 2.45) is 0 Å². The zero-order chi connectivity index (χ0) is 22.2. The molecule has 1 fully saturated rings. The highest BCUT2D eigenvalue weighted by Gasteiger charge is 2.30. The maximum absolute atomic E-state index is 12.9. The molecule has 0 N–H and O–H groups in total. The molecule has 31 heavy (non-hydrogen) atoms. The smallest absolute Gasteiger partial charge is 0.243 e. The molecule has 1 aliphatic heterocycles. The van der Waals surface area contributed by atoms with Crippen LogP contribution in [0.2, 0.25) is 0 Å². The molecule has 1 aromatic heterocycles. The van der Waals surface area contributed by atoms with E-state index in [-0.39, 0.29) is 30.3 Å². The normalized spacial score (nSPS) is 15.2. The van der Waals surface area contributed by atoms with Gasteiger partial charge < -0.3 is 9.32 Å². The first-order chi connectivity index (χ1) is 14.8. The van der Waals surface area contributed by atoms with Gasteiger partial charge in [-0.15, -0.1) is 0 Å². The van der Waals surface area contributed by atoms with Gasteiger partial charge in [0.25, 0.3) is 0 Å². The standard InChI is InChI=1S/C23H23N3O4S/c1-16-11-21-19(15-30-22(21)12-17(16)2)13-23(27)25-7-9-26(10-8-25)31(28,29)20-5-3-18(14-24)4-6-20/h3-6,11-12,15H,7-10,13H2,1-2H3. The number of aryl methyl sites for hydroxylation is 2. The van der Waals surface area contributed by atoms with Crippen LogP contribution >= 0.6 is 0 Å². The van der Waals surface area contributed by atoms with E-state index >= 15 is 0 Å². The number of hydrogen-bond donors (Lipinski definition) is 0. The molecular formula is C23H23N3O4S. The molecule has 1 aliphatic rings. The summed E-state index contributed by atoms with van der Waals surface area (Å²) in [6.45, 7) is 5.19. The molecule has 0 spiro atoms. The summed E-state index contributed by atoms with van der Waals surface area (Å²) in [6.07, 6.45) is 1.85. The lowest BCUT2D eigenvalue weighted by molar-refractivity contribution is -0.131. The van der Waals surface area contributed by atoms with Gasteiger partial charge in [-0.05, 0) is 61.4 Å². The summed E-state index contributed by atoms with van der Waals surface area (Å²) in [7, 11) is -3.65. The van der Waals surface area contributed by atoms with E-state index in [1.807, 2.05) is 32.0 Å². The molecule has 7 nitrogen and oxygen atoms in total. The van der Waals surface area contributed by atoms with Gasteiger partial charge >= 0.3 is 0 Å². The van der Waals surface area contributed by atoms with Gasteiger partial charge in [0, 0.05) is 37.1 Å². The van der Waals surface area contributed by atoms with Crippen molar-refractivity contribution in [1.29, 1.82) is 5.26 Å². The molecule has 3 aromatic rings. The quantitative estimate of drug-likeness (QED) is 0.625. The Morgan fingerprint density at radius 1 is 1.06 bits per heavy atom. The third-order valence-electron chi connectivity index (χ3n) is 5.82. The van der Waals surface area contributed by atoms with Crippen LogP contribution in [0.4, 0.5) is 0 Å². The van der Waals surface area contributed by atoms with Crippen molar-refractivity contribution >= 4 is 26.9 Å². The van der Waals surface area contributed by atoms with Crippen LogP contribution in [0.25, 0.3) is 11.0 Å². The SMILES string of the molecule is Cc1cc2occ(CC(=O)N3CCN(S(=O)(=O)c4ccc(C#N)cc4)CC3)c2cc1C. The fraction of sp³-hybridized carbons (Fsp3) is 0.304. The molecule has 0 saturated carbocycles. The lowest BCUT2D eigenvalue weighted by Gasteiger charge is -2.34. The summed E-state index contributed by atoms with van der Waals surface area (Å²) in [6, 6.07) is 11.9. The fourth-order valence-corrected chi connectivity index (χ4v) is 5.20. The van der Waals surface area contributed by atoms with Crippen LogP contribution in [0.1, 0.15) is 22.3 Å². The van der Waals surface area contributed by atoms with Crippen LogP contribution in [0.5, 0.6) is 0 Å². The first kappa shape index (κ1) is 21.1. The Hall–Kier alpha value is -3.15. The van der Waals surface area contributed by atoms with Crippen molar-refractivity contribution in [1.82, 2.24) is 9.21 Å². The van der Waals surface area contributed by atoms with E-state index in [9.17, 15) is 13.2 Å². The van der Waals surface area contributed by atoms with Gasteiger partial charge in [-0.2, -0.15) is 9.57 Å². The summed E-state index contributed by atoms with van der Waals surface area (Å²) in [5.74, 6) is -0.0450. The lowest BCUT2D eigenvalue weighted by atomic mass is 10.0. The summed E-state index contributed by atoms with van der Waals surface area (Å²) in [4.78, 5) is 14.7. The molecule has 1 saturated heterocycles. The number of amides is 1. The number of nitrogens with zero attached hydrogens (tertiary/aromatic N) is 3. The largest absolute Gasteiger partial charge is 0.464 e.